The monoisotopic (exact) mass is 237 g/mol. The van der Waals surface area contributed by atoms with Crippen LogP contribution in [-0.4, -0.2) is 16.1 Å². The maximum absolute atomic E-state index is 12.2. The highest BCUT2D eigenvalue weighted by Crippen LogP contribution is 2.21. The summed E-state index contributed by atoms with van der Waals surface area (Å²) in [7, 11) is 0. The molecular weight excluding hydrogens is 222 g/mol. The van der Waals surface area contributed by atoms with E-state index in [0.29, 0.717) is 11.2 Å². The highest BCUT2D eigenvalue weighted by Gasteiger charge is 2.21. The van der Waals surface area contributed by atoms with E-state index in [2.05, 4.69) is 4.98 Å². The van der Waals surface area contributed by atoms with Crippen LogP contribution in [0.25, 0.3) is 10.2 Å². The van der Waals surface area contributed by atoms with Gasteiger partial charge in [-0.25, -0.2) is 4.98 Å². The molecule has 0 atom stereocenters. The molecule has 0 aromatic carbocycles. The number of nitrogens with two attached hydrogens (primary N) is 1. The summed E-state index contributed by atoms with van der Waals surface area (Å²) >= 11 is 1.44. The molecule has 0 saturated heterocycles. The van der Waals surface area contributed by atoms with Crippen molar-refractivity contribution in [2.45, 2.75) is 26.3 Å². The minimum absolute atomic E-state index is 0.00134. The Balaban J connectivity index is 2.76. The van der Waals surface area contributed by atoms with E-state index in [-0.39, 0.29) is 5.56 Å². The van der Waals surface area contributed by atoms with Crippen molar-refractivity contribution in [2.24, 2.45) is 5.73 Å². The quantitative estimate of drug-likeness (QED) is 0.860. The van der Waals surface area contributed by atoms with E-state index in [1.54, 1.807) is 10.9 Å². The predicted molar refractivity (Wildman–Crippen MR) is 67.0 cm³/mol. The first-order valence-electron chi connectivity index (χ1n) is 5.13. The molecule has 2 aromatic heterocycles. The first-order chi connectivity index (χ1) is 7.47. The van der Waals surface area contributed by atoms with Gasteiger partial charge in [0.15, 0.2) is 0 Å². The van der Waals surface area contributed by atoms with Crippen molar-refractivity contribution in [3.63, 3.8) is 0 Å². The number of aromatic nitrogens is 2. The number of rotatable bonds is 2. The number of hydrogen-bond acceptors (Lipinski definition) is 4. The van der Waals surface area contributed by atoms with E-state index in [0.717, 1.165) is 11.1 Å². The molecule has 2 N–H and O–H groups in total. The fourth-order valence-corrected chi connectivity index (χ4v) is 2.49. The lowest BCUT2D eigenvalue weighted by molar-refractivity contribution is 0.354. The summed E-state index contributed by atoms with van der Waals surface area (Å²) in [6.07, 6.45) is 1.59. The molecular formula is C11H15N3OS. The zero-order chi connectivity index (χ0) is 11.9. The third kappa shape index (κ3) is 1.56. The fraction of sp³-hybridized carbons (Fsp3) is 0.455. The van der Waals surface area contributed by atoms with Gasteiger partial charge in [-0.3, -0.25) is 9.36 Å². The molecule has 0 fully saturated rings. The van der Waals surface area contributed by atoms with Gasteiger partial charge in [-0.2, -0.15) is 0 Å². The molecule has 0 radical (unpaired) electrons. The van der Waals surface area contributed by atoms with Gasteiger partial charge in [-0.1, -0.05) is 0 Å². The topological polar surface area (TPSA) is 60.9 Å². The number of aryl methyl sites for hydroxylation is 1. The van der Waals surface area contributed by atoms with Crippen LogP contribution in [0.1, 0.15) is 19.4 Å². The minimum atomic E-state index is -0.393. The number of nitrogens with zero attached hydrogens (tertiary/aromatic N) is 2. The first kappa shape index (κ1) is 11.3. The van der Waals surface area contributed by atoms with Crippen molar-refractivity contribution in [3.05, 3.63) is 27.6 Å². The van der Waals surface area contributed by atoms with Crippen LogP contribution in [0.2, 0.25) is 0 Å². The second-order valence-corrected chi connectivity index (χ2v) is 5.41. The molecule has 0 aliphatic rings. The number of hydrogen-bond donors (Lipinski definition) is 1. The Labute approximate surface area is 97.7 Å². The van der Waals surface area contributed by atoms with Crippen molar-refractivity contribution in [1.29, 1.82) is 0 Å². The molecule has 0 aliphatic carbocycles. The van der Waals surface area contributed by atoms with Gasteiger partial charge in [-0.15, -0.1) is 11.3 Å². The second-order valence-electron chi connectivity index (χ2n) is 4.53. The van der Waals surface area contributed by atoms with E-state index in [1.807, 2.05) is 26.2 Å². The average molecular weight is 237 g/mol. The van der Waals surface area contributed by atoms with E-state index >= 15 is 0 Å². The Kier molecular flexibility index (Phi) is 2.59. The second kappa shape index (κ2) is 3.68. The molecule has 0 spiro atoms. The van der Waals surface area contributed by atoms with Gasteiger partial charge in [-0.05, 0) is 31.7 Å². The Bertz CT molecular complexity index is 582. The van der Waals surface area contributed by atoms with E-state index in [9.17, 15) is 4.79 Å². The molecule has 0 saturated carbocycles. The molecule has 5 heteroatoms. The summed E-state index contributed by atoms with van der Waals surface area (Å²) in [5.41, 5.74) is 7.13. The third-order valence-corrected chi connectivity index (χ3v) is 3.88. The van der Waals surface area contributed by atoms with E-state index < -0.39 is 5.54 Å². The molecule has 0 amide bonds. The van der Waals surface area contributed by atoms with Gasteiger partial charge in [0.1, 0.15) is 4.70 Å². The van der Waals surface area contributed by atoms with E-state index in [4.69, 9.17) is 5.73 Å². The molecule has 2 heterocycles. The van der Waals surface area contributed by atoms with Crippen molar-refractivity contribution < 1.29 is 0 Å². The van der Waals surface area contributed by atoms with Gasteiger partial charge in [0.25, 0.3) is 5.56 Å². The highest BCUT2D eigenvalue weighted by atomic mass is 32.1. The smallest absolute Gasteiger partial charge is 0.271 e. The average Bonchev–Trinajstić information content (AvgIpc) is 2.62. The zero-order valence-corrected chi connectivity index (χ0v) is 10.5. The van der Waals surface area contributed by atoms with Crippen molar-refractivity contribution in [3.8, 4) is 0 Å². The standard InChI is InChI=1S/C11H15N3OS/c1-7-4-16-9-8(7)13-6-14(10(9)15)11(2,3)5-12/h4,6H,5,12H2,1-3H3. The van der Waals surface area contributed by atoms with Gasteiger partial charge in [0.2, 0.25) is 0 Å². The van der Waals surface area contributed by atoms with Gasteiger partial charge >= 0.3 is 0 Å². The van der Waals surface area contributed by atoms with Crippen LogP contribution in [-0.2, 0) is 5.54 Å². The largest absolute Gasteiger partial charge is 0.328 e. The van der Waals surface area contributed by atoms with Crippen LogP contribution >= 0.6 is 11.3 Å². The predicted octanol–water partition coefficient (Wildman–Crippen LogP) is 1.46. The molecule has 2 rings (SSSR count). The van der Waals surface area contributed by atoms with E-state index in [1.165, 1.54) is 11.3 Å². The Morgan fingerprint density at radius 2 is 2.25 bits per heavy atom. The normalized spacial score (nSPS) is 12.2. The van der Waals surface area contributed by atoms with Crippen LogP contribution in [0.3, 0.4) is 0 Å². The van der Waals surface area contributed by atoms with Crippen LogP contribution in [0.15, 0.2) is 16.5 Å². The summed E-state index contributed by atoms with van der Waals surface area (Å²) in [6.45, 7) is 6.24. The summed E-state index contributed by atoms with van der Waals surface area (Å²) in [4.78, 5) is 16.6. The molecule has 16 heavy (non-hydrogen) atoms. The van der Waals surface area contributed by atoms with Crippen LogP contribution in [0.5, 0.6) is 0 Å². The van der Waals surface area contributed by atoms with Gasteiger partial charge in [0, 0.05) is 6.54 Å². The molecule has 0 unspecified atom stereocenters. The van der Waals surface area contributed by atoms with Crippen LogP contribution in [0, 0.1) is 6.92 Å². The van der Waals surface area contributed by atoms with Crippen molar-refractivity contribution in [1.82, 2.24) is 9.55 Å². The van der Waals surface area contributed by atoms with Gasteiger partial charge < -0.3 is 5.73 Å². The summed E-state index contributed by atoms with van der Waals surface area (Å²) in [6, 6.07) is 0. The molecule has 0 aliphatic heterocycles. The molecule has 86 valence electrons. The maximum Gasteiger partial charge on any atom is 0.271 e. The minimum Gasteiger partial charge on any atom is -0.328 e. The Hall–Kier alpha value is -1.20. The molecule has 2 aromatic rings. The third-order valence-electron chi connectivity index (χ3n) is 2.81. The number of fused-ring (bicyclic) bond motifs is 1. The highest BCUT2D eigenvalue weighted by molar-refractivity contribution is 7.17. The summed E-state index contributed by atoms with van der Waals surface area (Å²) in [5.74, 6) is 0. The van der Waals surface area contributed by atoms with Crippen molar-refractivity contribution in [2.75, 3.05) is 6.54 Å². The van der Waals surface area contributed by atoms with Gasteiger partial charge in [0.05, 0.1) is 17.4 Å². The lowest BCUT2D eigenvalue weighted by Crippen LogP contribution is -2.41. The van der Waals surface area contributed by atoms with Crippen LogP contribution in [0.4, 0.5) is 0 Å². The molecule has 0 bridgehead atoms. The lowest BCUT2D eigenvalue weighted by atomic mass is 10.1. The zero-order valence-electron chi connectivity index (χ0n) is 9.65. The summed E-state index contributed by atoms with van der Waals surface area (Å²) < 4.78 is 2.33. The molecule has 4 nitrogen and oxygen atoms in total. The Morgan fingerprint density at radius 1 is 1.56 bits per heavy atom. The van der Waals surface area contributed by atoms with Crippen LogP contribution < -0.4 is 11.3 Å². The summed E-state index contributed by atoms with van der Waals surface area (Å²) in [5, 5.41) is 1.96. The van der Waals surface area contributed by atoms with Crippen molar-refractivity contribution >= 4 is 21.6 Å². The Morgan fingerprint density at radius 3 is 2.88 bits per heavy atom. The SMILES string of the molecule is Cc1csc2c(=O)n(C(C)(C)CN)cnc12. The number of thiophene rings is 1. The maximum atomic E-state index is 12.2. The first-order valence-corrected chi connectivity index (χ1v) is 6.01. The lowest BCUT2D eigenvalue weighted by Gasteiger charge is -2.24. The fourth-order valence-electron chi connectivity index (χ4n) is 1.56.